The van der Waals surface area contributed by atoms with Crippen molar-refractivity contribution in [2.45, 2.75) is 25.4 Å². The molecule has 180 valence electrons. The molecule has 1 aliphatic carbocycles. The fourth-order valence-electron chi connectivity index (χ4n) is 5.01. The Kier molecular flexibility index (Phi) is 5.93. The molecular weight excluding hydrogens is 466 g/mol. The van der Waals surface area contributed by atoms with Crippen LogP contribution in [0.15, 0.2) is 60.3 Å². The molecule has 0 bridgehead atoms. The lowest BCUT2D eigenvalue weighted by atomic mass is 9.74. The molecular formula is C28H26ClNO5. The molecule has 2 unspecified atom stereocenters. The lowest BCUT2D eigenvalue weighted by Gasteiger charge is -2.35. The predicted octanol–water partition coefficient (Wildman–Crippen LogP) is 5.15. The fraction of sp³-hybridized carbons (Fsp3) is 0.286. The Morgan fingerprint density at radius 3 is 2.51 bits per heavy atom. The summed E-state index contributed by atoms with van der Waals surface area (Å²) in [6, 6.07) is 16.2. The van der Waals surface area contributed by atoms with E-state index in [1.54, 1.807) is 0 Å². The molecule has 3 aromatic rings. The highest BCUT2D eigenvalue weighted by Crippen LogP contribution is 2.52. The maximum atomic E-state index is 13.6. The average molecular weight is 492 g/mol. The second-order valence-corrected chi connectivity index (χ2v) is 9.34. The van der Waals surface area contributed by atoms with Gasteiger partial charge in [-0.25, -0.2) is 0 Å². The fourth-order valence-corrected chi connectivity index (χ4v) is 5.28. The van der Waals surface area contributed by atoms with Gasteiger partial charge in [-0.15, -0.1) is 0 Å². The molecule has 2 atom stereocenters. The Morgan fingerprint density at radius 2 is 1.80 bits per heavy atom. The standard InChI is InChI=1S/C28H26ClNO5/c1-16-12-20(30-11-10-17-8-9-18-6-4-5-7-19(18)13-17)14-23(31)28(16)27(32)24-21(33-2)15-22(34-3)25(29)26(24)35-28/h4-9,13-16,30H,10-12H2,1-3H3. The third-order valence-corrected chi connectivity index (χ3v) is 7.25. The van der Waals surface area contributed by atoms with Crippen molar-refractivity contribution in [1.29, 1.82) is 0 Å². The van der Waals surface area contributed by atoms with Gasteiger partial charge in [0, 0.05) is 30.3 Å². The smallest absolute Gasteiger partial charge is 0.236 e. The Hall–Kier alpha value is -3.51. The van der Waals surface area contributed by atoms with E-state index in [4.69, 9.17) is 25.8 Å². The maximum Gasteiger partial charge on any atom is 0.236 e. The van der Waals surface area contributed by atoms with E-state index in [1.807, 2.05) is 19.1 Å². The van der Waals surface area contributed by atoms with E-state index in [9.17, 15) is 9.59 Å². The average Bonchev–Trinajstić information content (AvgIpc) is 3.18. The second kappa shape index (κ2) is 8.93. The summed E-state index contributed by atoms with van der Waals surface area (Å²) >= 11 is 6.44. The number of benzene rings is 3. The molecule has 3 aromatic carbocycles. The topological polar surface area (TPSA) is 73.9 Å². The maximum absolute atomic E-state index is 13.6. The van der Waals surface area contributed by atoms with Crippen LogP contribution in [0.3, 0.4) is 0 Å². The van der Waals surface area contributed by atoms with Crippen molar-refractivity contribution in [3.63, 3.8) is 0 Å². The molecule has 1 spiro atoms. The molecule has 1 N–H and O–H groups in total. The number of hydrogen-bond donors (Lipinski definition) is 1. The van der Waals surface area contributed by atoms with Crippen molar-refractivity contribution >= 4 is 33.9 Å². The van der Waals surface area contributed by atoms with E-state index < -0.39 is 23.1 Å². The Bertz CT molecular complexity index is 1380. The van der Waals surface area contributed by atoms with Gasteiger partial charge in [0.2, 0.25) is 17.2 Å². The van der Waals surface area contributed by atoms with E-state index in [-0.39, 0.29) is 22.1 Å². The molecule has 2 aliphatic rings. The van der Waals surface area contributed by atoms with Crippen LogP contribution in [0.1, 0.15) is 29.3 Å². The molecule has 0 amide bonds. The Balaban J connectivity index is 1.35. The number of fused-ring (bicyclic) bond motifs is 2. The molecule has 5 rings (SSSR count). The number of hydrogen-bond acceptors (Lipinski definition) is 6. The number of allylic oxidation sites excluding steroid dienone is 1. The van der Waals surface area contributed by atoms with Gasteiger partial charge in [-0.3, -0.25) is 9.59 Å². The highest BCUT2D eigenvalue weighted by atomic mass is 35.5. The summed E-state index contributed by atoms with van der Waals surface area (Å²) in [7, 11) is 2.91. The zero-order valence-corrected chi connectivity index (χ0v) is 20.6. The monoisotopic (exact) mass is 491 g/mol. The number of Topliss-reactive ketones (excluding diaryl/α,β-unsaturated/α-hetero) is 1. The quantitative estimate of drug-likeness (QED) is 0.481. The first kappa shape index (κ1) is 23.2. The summed E-state index contributed by atoms with van der Waals surface area (Å²) in [5.41, 5.74) is 0.523. The number of nitrogens with one attached hydrogen (secondary N) is 1. The van der Waals surface area contributed by atoms with Gasteiger partial charge >= 0.3 is 0 Å². The summed E-state index contributed by atoms with van der Waals surface area (Å²) in [6.45, 7) is 2.51. The van der Waals surface area contributed by atoms with Gasteiger partial charge in [0.25, 0.3) is 0 Å². The van der Waals surface area contributed by atoms with Crippen LogP contribution in [-0.4, -0.2) is 37.9 Å². The largest absolute Gasteiger partial charge is 0.496 e. The van der Waals surface area contributed by atoms with Crippen LogP contribution in [0.5, 0.6) is 17.2 Å². The second-order valence-electron chi connectivity index (χ2n) is 8.96. The molecule has 1 heterocycles. The predicted molar refractivity (Wildman–Crippen MR) is 135 cm³/mol. The third kappa shape index (κ3) is 3.73. The summed E-state index contributed by atoms with van der Waals surface area (Å²) < 4.78 is 16.8. The number of ether oxygens (including phenoxy) is 3. The summed E-state index contributed by atoms with van der Waals surface area (Å²) in [5.74, 6) is -0.523. The third-order valence-electron chi connectivity index (χ3n) is 6.89. The van der Waals surface area contributed by atoms with Gasteiger partial charge in [0.05, 0.1) is 14.2 Å². The lowest BCUT2D eigenvalue weighted by molar-refractivity contribution is -0.129. The van der Waals surface area contributed by atoms with Crippen LogP contribution < -0.4 is 19.5 Å². The molecule has 0 fully saturated rings. The molecule has 0 saturated heterocycles. The zero-order valence-electron chi connectivity index (χ0n) is 19.8. The first-order chi connectivity index (χ1) is 16.9. The van der Waals surface area contributed by atoms with Gasteiger partial charge in [-0.05, 0) is 29.2 Å². The van der Waals surface area contributed by atoms with Gasteiger partial charge in [0.1, 0.15) is 22.1 Å². The highest BCUT2D eigenvalue weighted by Gasteiger charge is 2.60. The minimum atomic E-state index is -1.66. The lowest BCUT2D eigenvalue weighted by Crippen LogP contribution is -2.55. The molecule has 1 aliphatic heterocycles. The van der Waals surface area contributed by atoms with Crippen LogP contribution in [0.4, 0.5) is 0 Å². The van der Waals surface area contributed by atoms with Crippen molar-refractivity contribution in [2.24, 2.45) is 5.92 Å². The number of ketones is 2. The van der Waals surface area contributed by atoms with Crippen LogP contribution in [-0.2, 0) is 11.2 Å². The van der Waals surface area contributed by atoms with Crippen molar-refractivity contribution in [3.05, 3.63) is 76.5 Å². The van der Waals surface area contributed by atoms with Crippen LogP contribution in [0.2, 0.25) is 5.02 Å². The highest BCUT2D eigenvalue weighted by molar-refractivity contribution is 6.36. The number of carbonyl (C=O) groups excluding carboxylic acids is 2. The van der Waals surface area contributed by atoms with Crippen LogP contribution >= 0.6 is 11.6 Å². The van der Waals surface area contributed by atoms with Gasteiger partial charge in [-0.2, -0.15) is 0 Å². The van der Waals surface area contributed by atoms with E-state index in [0.29, 0.717) is 18.7 Å². The van der Waals surface area contributed by atoms with Crippen molar-refractivity contribution in [1.82, 2.24) is 5.32 Å². The number of methoxy groups -OCH3 is 2. The van der Waals surface area contributed by atoms with E-state index in [1.165, 1.54) is 42.7 Å². The SMILES string of the molecule is COc1cc(OC)c2c(c1Cl)OC1(C(=O)C=C(NCCc3ccc4ccccc4c3)CC1C)C2=O. The van der Waals surface area contributed by atoms with E-state index in [2.05, 4.69) is 35.6 Å². The minimum Gasteiger partial charge on any atom is -0.496 e. The van der Waals surface area contributed by atoms with E-state index >= 15 is 0 Å². The molecule has 7 heteroatoms. The van der Waals surface area contributed by atoms with Crippen LogP contribution in [0, 0.1) is 5.92 Å². The van der Waals surface area contributed by atoms with Crippen LogP contribution in [0.25, 0.3) is 10.8 Å². The minimum absolute atomic E-state index is 0.133. The molecule has 35 heavy (non-hydrogen) atoms. The Morgan fingerprint density at radius 1 is 1.06 bits per heavy atom. The number of halogens is 1. The molecule has 6 nitrogen and oxygen atoms in total. The normalized spacial score (nSPS) is 21.0. The zero-order chi connectivity index (χ0) is 24.7. The molecule has 0 saturated carbocycles. The molecule has 0 aromatic heterocycles. The van der Waals surface area contributed by atoms with Crippen molar-refractivity contribution < 1.29 is 23.8 Å². The summed E-state index contributed by atoms with van der Waals surface area (Å²) in [5, 5.41) is 5.94. The first-order valence-corrected chi connectivity index (χ1v) is 11.9. The first-order valence-electron chi connectivity index (χ1n) is 11.5. The molecule has 0 radical (unpaired) electrons. The Labute approximate surface area is 208 Å². The summed E-state index contributed by atoms with van der Waals surface area (Å²) in [6.07, 6.45) is 2.78. The van der Waals surface area contributed by atoms with E-state index in [0.717, 1.165) is 12.1 Å². The number of rotatable bonds is 6. The van der Waals surface area contributed by atoms with Gasteiger partial charge in [-0.1, -0.05) is 61.0 Å². The number of carbonyl (C=O) groups is 2. The van der Waals surface area contributed by atoms with Crippen molar-refractivity contribution in [2.75, 3.05) is 20.8 Å². The van der Waals surface area contributed by atoms with Crippen molar-refractivity contribution in [3.8, 4) is 17.2 Å². The summed E-state index contributed by atoms with van der Waals surface area (Å²) in [4.78, 5) is 26.9. The van der Waals surface area contributed by atoms with Gasteiger partial charge in [0.15, 0.2) is 5.75 Å². The van der Waals surface area contributed by atoms with Gasteiger partial charge < -0.3 is 19.5 Å².